The third kappa shape index (κ3) is 10.6. The van der Waals surface area contributed by atoms with Gasteiger partial charge >= 0.3 is 0 Å². The highest BCUT2D eigenvalue weighted by Gasteiger charge is 2.52. The Morgan fingerprint density at radius 1 is 0.303 bits per heavy atom. The molecule has 0 N–H and O–H groups in total. The highest BCUT2D eigenvalue weighted by atomic mass is 16.5. The first kappa shape index (κ1) is 55.8. The van der Waals surface area contributed by atoms with Crippen LogP contribution < -0.4 is 52.2 Å². The maximum Gasteiger partial charge on any atom is 0.256 e. The van der Waals surface area contributed by atoms with Crippen LogP contribution in [0.3, 0.4) is 0 Å². The van der Waals surface area contributed by atoms with Crippen LogP contribution in [0.1, 0.15) is 92.7 Å². The van der Waals surface area contributed by atoms with E-state index in [1.165, 1.54) is 6.07 Å². The van der Waals surface area contributed by atoms with Gasteiger partial charge in [-0.05, 0) is 196 Å². The van der Waals surface area contributed by atoms with Gasteiger partial charge in [0.2, 0.25) is 0 Å². The van der Waals surface area contributed by atoms with Crippen molar-refractivity contribution >= 4 is 119 Å². The molecule has 16 aromatic rings. The van der Waals surface area contributed by atoms with Gasteiger partial charge in [-0.1, -0.05) is 299 Å². The monoisotopic (exact) mass is 1410 g/mol. The van der Waals surface area contributed by atoms with Gasteiger partial charge in [0.1, 0.15) is 11.5 Å². The molecule has 0 spiro atoms. The molecule has 4 aliphatic rings. The fourth-order valence-corrected chi connectivity index (χ4v) is 17.4. The molecule has 0 saturated carbocycles. The number of anilines is 9. The molecule has 5 heterocycles. The van der Waals surface area contributed by atoms with Gasteiger partial charge in [0.15, 0.2) is 0 Å². The minimum atomic E-state index is -1.10. The molecule has 0 saturated heterocycles. The summed E-state index contributed by atoms with van der Waals surface area (Å²) in [6.45, 7) is 18.1. The van der Waals surface area contributed by atoms with Gasteiger partial charge in [-0.15, -0.1) is 0 Å². The molecule has 7 heteroatoms. The van der Waals surface area contributed by atoms with Crippen molar-refractivity contribution in [2.24, 2.45) is 0 Å². The van der Waals surface area contributed by atoms with E-state index in [4.69, 9.17) is 6.11 Å². The van der Waals surface area contributed by atoms with Gasteiger partial charge in [-0.3, -0.25) is 0 Å². The van der Waals surface area contributed by atoms with Gasteiger partial charge in [-0.2, -0.15) is 0 Å². The molecule has 0 bridgehead atoms. The van der Waals surface area contributed by atoms with Gasteiger partial charge in [0, 0.05) is 72.8 Å². The third-order valence-corrected chi connectivity index (χ3v) is 22.7. The maximum absolute atomic E-state index is 12.0. The Labute approximate surface area is 654 Å². The summed E-state index contributed by atoms with van der Waals surface area (Å²) in [5.41, 5.74) is 20.3. The molecule has 4 aliphatic heterocycles. The molecule has 522 valence electrons. The molecular formula is C102H82B2N4O. The largest absolute Gasteiger partial charge is 0.456 e. The topological polar surface area (TPSA) is 23.9 Å². The van der Waals surface area contributed by atoms with Crippen LogP contribution in [0.4, 0.5) is 51.2 Å². The van der Waals surface area contributed by atoms with Crippen molar-refractivity contribution in [2.75, 3.05) is 14.7 Å². The van der Waals surface area contributed by atoms with Crippen molar-refractivity contribution < 1.29 is 18.4 Å². The first-order chi connectivity index (χ1) is 57.2. The first-order valence-electron chi connectivity index (χ1n) is 42.7. The predicted octanol–water partition coefficient (Wildman–Crippen LogP) is 23.5. The average Bonchev–Trinajstić information content (AvgIpc) is 1.21. The van der Waals surface area contributed by atoms with Crippen LogP contribution in [-0.2, 0) is 16.2 Å². The zero-order valence-electron chi connectivity index (χ0n) is 72.3. The Hall–Kier alpha value is -12.6. The summed E-state index contributed by atoms with van der Waals surface area (Å²) in [6.07, 6.45) is 0. The van der Waals surface area contributed by atoms with Gasteiger partial charge in [0.05, 0.1) is 41.8 Å². The second-order valence-electron chi connectivity index (χ2n) is 32.4. The van der Waals surface area contributed by atoms with Crippen molar-refractivity contribution in [3.8, 4) is 72.8 Å². The van der Waals surface area contributed by atoms with Gasteiger partial charge in [0.25, 0.3) is 13.4 Å². The summed E-state index contributed by atoms with van der Waals surface area (Å²) in [5.74, 6) is 0.797. The number of fused-ring (bicyclic) bond motifs is 12. The summed E-state index contributed by atoms with van der Waals surface area (Å²) in [6, 6.07) is 90.6. The molecule has 0 amide bonds. The standard InChI is InChI=1S/C102H82B2N4O/c1-100(2,3)71-57-77(66-36-18-11-19-37-66)96(78(58-71)67-38-20-12-21-39-67)107-89-63-75(106-86-49-31-28-46-76(86)81-56-70(52-55-87(81)106)65-34-16-10-17-35-65)53-54-83(89)104-85-64-92-95-99(109-93-51-33-30-48-84(93)103(95)82-47-29-32-50-88(82)105(92)74-44-26-15-27-45-74)98(85)108(91-62-73(102(7,8)9)61-90(107)94(91)104)97-79(68-40-22-13-23-41-68)59-72(101(4,5)6)60-80(97)69-42-24-14-25-43-69/h10-64H,1-9H3/i15D,26D,27D,29D,32D,44D,47D,53D,54D,63D. The second kappa shape index (κ2) is 25.0. The Kier molecular flexibility index (Phi) is 12.8. The second-order valence-corrected chi connectivity index (χ2v) is 32.4. The number of rotatable bonds is 9. The van der Waals surface area contributed by atoms with Gasteiger partial charge in [-0.25, -0.2) is 0 Å². The number of benzene rings is 15. The fourth-order valence-electron chi connectivity index (χ4n) is 17.4. The van der Waals surface area contributed by atoms with E-state index < -0.39 is 41.8 Å². The van der Waals surface area contributed by atoms with E-state index in [2.05, 4.69) is 248 Å². The van der Waals surface area contributed by atoms with Crippen LogP contribution in [0, 0.1) is 0 Å². The zero-order valence-corrected chi connectivity index (χ0v) is 62.3. The molecule has 0 radical (unpaired) electrons. The molecule has 15 aromatic carbocycles. The van der Waals surface area contributed by atoms with E-state index in [9.17, 15) is 12.3 Å². The third-order valence-electron chi connectivity index (χ3n) is 22.7. The first-order valence-corrected chi connectivity index (χ1v) is 37.7. The summed E-state index contributed by atoms with van der Waals surface area (Å²) < 4.78 is 113. The lowest BCUT2D eigenvalue weighted by atomic mass is 9.31. The Morgan fingerprint density at radius 3 is 1.38 bits per heavy atom. The molecule has 0 unspecified atom stereocenters. The van der Waals surface area contributed by atoms with Crippen molar-refractivity contribution in [3.05, 3.63) is 350 Å². The molecule has 0 atom stereocenters. The van der Waals surface area contributed by atoms with Crippen LogP contribution in [0.15, 0.2) is 333 Å². The number of hydrogen-bond acceptors (Lipinski definition) is 4. The summed E-state index contributed by atoms with van der Waals surface area (Å²) in [5, 5.41) is 1.81. The minimum absolute atomic E-state index is 0.0147. The fraction of sp³-hybridized carbons (Fsp3) is 0.118. The predicted molar refractivity (Wildman–Crippen MR) is 464 cm³/mol. The number of nitrogens with zero attached hydrogens (tertiary/aromatic N) is 4. The highest BCUT2D eigenvalue weighted by molar-refractivity contribution is 7.02. The molecule has 1 aromatic heterocycles. The summed E-state index contributed by atoms with van der Waals surface area (Å²) in [4.78, 5) is 6.43. The van der Waals surface area contributed by atoms with Crippen LogP contribution in [-0.4, -0.2) is 18.0 Å². The van der Waals surface area contributed by atoms with Crippen molar-refractivity contribution in [1.82, 2.24) is 4.57 Å². The average molecular weight is 1410 g/mol. The van der Waals surface area contributed by atoms with E-state index in [-0.39, 0.29) is 65.4 Å². The Morgan fingerprint density at radius 2 is 0.780 bits per heavy atom. The van der Waals surface area contributed by atoms with Crippen molar-refractivity contribution in [2.45, 2.75) is 78.6 Å². The lowest BCUT2D eigenvalue weighted by molar-refractivity contribution is 0.489. The quantitative estimate of drug-likeness (QED) is 0.134. The van der Waals surface area contributed by atoms with Gasteiger partial charge < -0.3 is 24.0 Å². The maximum atomic E-state index is 12.0. The summed E-state index contributed by atoms with van der Waals surface area (Å²) >= 11 is 0. The zero-order chi connectivity index (χ0) is 82.5. The highest BCUT2D eigenvalue weighted by Crippen LogP contribution is 2.58. The SMILES string of the molecule is [2H]c1cc(N2c3cc([2H])c([2H])c([2H])c3B3c4ccccc4Oc4c3c2cc2c4N(c3c(-c4ccccc4)cc(C(C)(C)C)cc3-c3ccccc3)c3cc(C(C)(C)C)cc4c3B2c2c([2H])c([2H])c(-n3c5ccccc5c5cc(-c6ccccc6)ccc53)c([2H])c2N4c2c(-c3ccccc3)cc(C(C)(C)C)cc2-c2ccccc2)c([2H])c([2H])c1[2H]. The molecule has 20 rings (SSSR count). The van der Waals surface area contributed by atoms with E-state index in [0.29, 0.717) is 61.6 Å². The van der Waals surface area contributed by atoms with Crippen molar-refractivity contribution in [1.29, 1.82) is 0 Å². The molecule has 109 heavy (non-hydrogen) atoms. The minimum Gasteiger partial charge on any atom is -0.456 e. The number of para-hydroxylation sites is 4. The van der Waals surface area contributed by atoms with E-state index in [1.807, 2.05) is 89.5 Å². The van der Waals surface area contributed by atoms with E-state index in [0.717, 1.165) is 117 Å². The van der Waals surface area contributed by atoms with Crippen molar-refractivity contribution in [3.63, 3.8) is 0 Å². The molecule has 0 fully saturated rings. The number of hydrogen-bond donors (Lipinski definition) is 0. The van der Waals surface area contributed by atoms with Crippen LogP contribution >= 0.6 is 0 Å². The number of aromatic nitrogens is 1. The normalized spacial score (nSPS) is 14.6. The lowest BCUT2D eigenvalue weighted by Crippen LogP contribution is -2.64. The summed E-state index contributed by atoms with van der Waals surface area (Å²) in [7, 11) is 0. The smallest absolute Gasteiger partial charge is 0.256 e. The van der Waals surface area contributed by atoms with Crippen LogP contribution in [0.2, 0.25) is 0 Å². The molecular weight excluding hydrogens is 1320 g/mol. The molecule has 5 nitrogen and oxygen atoms in total. The number of ether oxygens (including phenoxy) is 1. The van der Waals surface area contributed by atoms with Crippen LogP contribution in [0.5, 0.6) is 11.5 Å². The Bertz CT molecular complexity index is 6860. The lowest BCUT2D eigenvalue weighted by Gasteiger charge is -2.49. The van der Waals surface area contributed by atoms with Crippen LogP contribution in [0.25, 0.3) is 83.1 Å². The molecule has 0 aliphatic carbocycles. The Balaban J connectivity index is 1.04. The van der Waals surface area contributed by atoms with E-state index >= 15 is 0 Å². The van der Waals surface area contributed by atoms with E-state index in [1.54, 1.807) is 11.0 Å².